The number of nitrogens with one attached hydrogen (secondary N) is 2. The molecule has 0 bridgehead atoms. The first-order valence-corrected chi connectivity index (χ1v) is 6.53. The number of ether oxygens (including phenoxy) is 2. The molecule has 108 valence electrons. The van der Waals surface area contributed by atoms with Crippen LogP contribution < -0.4 is 10.6 Å². The molecule has 2 rings (SSSR count). The number of nitrogens with zero attached hydrogens (tertiary/aromatic N) is 2. The van der Waals surface area contributed by atoms with Gasteiger partial charge < -0.3 is 24.5 Å². The summed E-state index contributed by atoms with van der Waals surface area (Å²) in [7, 11) is 0. The highest BCUT2D eigenvalue weighted by atomic mass is 16.6. The Labute approximate surface area is 113 Å². The van der Waals surface area contributed by atoms with E-state index in [2.05, 4.69) is 41.6 Å². The van der Waals surface area contributed by atoms with Crippen molar-refractivity contribution in [3.63, 3.8) is 0 Å². The van der Waals surface area contributed by atoms with Gasteiger partial charge in [-0.25, -0.2) is 0 Å². The zero-order chi connectivity index (χ0) is 13.7. The quantitative estimate of drug-likeness (QED) is 0.818. The van der Waals surface area contributed by atoms with Crippen LogP contribution in [0.3, 0.4) is 0 Å². The lowest BCUT2D eigenvalue weighted by Gasteiger charge is -2.22. The number of aromatic nitrogens is 2. The summed E-state index contributed by atoms with van der Waals surface area (Å²) < 4.78 is 16.3. The molecule has 1 aromatic rings. The molecule has 1 aliphatic rings. The Hall–Kier alpha value is -1.18. The first-order chi connectivity index (χ1) is 9.03. The van der Waals surface area contributed by atoms with Gasteiger partial charge in [-0.05, 0) is 20.8 Å². The van der Waals surface area contributed by atoms with Gasteiger partial charge in [0.15, 0.2) is 0 Å². The maximum absolute atomic E-state index is 5.51. The fourth-order valence-electron chi connectivity index (χ4n) is 1.59. The van der Waals surface area contributed by atoms with Crippen LogP contribution in [0.1, 0.15) is 26.7 Å². The highest BCUT2D eigenvalue weighted by Gasteiger charge is 2.16. The SMILES string of the molecule is CC(C)(C)NCc1nnc(NCC2COCCO2)o1. The van der Waals surface area contributed by atoms with Crippen molar-refractivity contribution in [2.24, 2.45) is 0 Å². The second-order valence-corrected chi connectivity index (χ2v) is 5.55. The van der Waals surface area contributed by atoms with Crippen LogP contribution in [-0.4, -0.2) is 48.2 Å². The predicted molar refractivity (Wildman–Crippen MR) is 69.9 cm³/mol. The fourth-order valence-corrected chi connectivity index (χ4v) is 1.59. The lowest BCUT2D eigenvalue weighted by atomic mass is 10.1. The molecule has 0 aromatic carbocycles. The minimum atomic E-state index is 0.0232. The van der Waals surface area contributed by atoms with Crippen LogP contribution in [-0.2, 0) is 16.0 Å². The summed E-state index contributed by atoms with van der Waals surface area (Å²) in [6.45, 7) is 9.32. The first kappa shape index (κ1) is 14.2. The van der Waals surface area contributed by atoms with E-state index >= 15 is 0 Å². The van der Waals surface area contributed by atoms with E-state index in [0.717, 1.165) is 0 Å². The number of hydrogen-bond acceptors (Lipinski definition) is 7. The monoisotopic (exact) mass is 270 g/mol. The zero-order valence-electron chi connectivity index (χ0n) is 11.7. The van der Waals surface area contributed by atoms with Crippen molar-refractivity contribution in [1.29, 1.82) is 0 Å². The Kier molecular flexibility index (Phi) is 4.73. The third kappa shape index (κ3) is 5.14. The second-order valence-electron chi connectivity index (χ2n) is 5.55. The van der Waals surface area contributed by atoms with E-state index in [1.54, 1.807) is 0 Å². The number of anilines is 1. The van der Waals surface area contributed by atoms with Crippen LogP contribution in [0.4, 0.5) is 6.01 Å². The van der Waals surface area contributed by atoms with Crippen LogP contribution in [0.5, 0.6) is 0 Å². The Morgan fingerprint density at radius 1 is 1.26 bits per heavy atom. The van der Waals surface area contributed by atoms with Crippen LogP contribution in [0.2, 0.25) is 0 Å². The zero-order valence-corrected chi connectivity index (χ0v) is 11.7. The van der Waals surface area contributed by atoms with E-state index in [9.17, 15) is 0 Å². The molecule has 1 unspecified atom stereocenters. The van der Waals surface area contributed by atoms with E-state index in [4.69, 9.17) is 13.9 Å². The van der Waals surface area contributed by atoms with Crippen LogP contribution in [0, 0.1) is 0 Å². The van der Waals surface area contributed by atoms with Gasteiger partial charge >= 0.3 is 6.01 Å². The third-order valence-electron chi connectivity index (χ3n) is 2.60. The average molecular weight is 270 g/mol. The summed E-state index contributed by atoms with van der Waals surface area (Å²) >= 11 is 0. The maximum atomic E-state index is 5.51. The topological polar surface area (TPSA) is 81.4 Å². The molecule has 0 saturated carbocycles. The maximum Gasteiger partial charge on any atom is 0.315 e. The van der Waals surface area contributed by atoms with Crippen molar-refractivity contribution in [2.45, 2.75) is 39.0 Å². The van der Waals surface area contributed by atoms with Gasteiger partial charge in [0.25, 0.3) is 0 Å². The average Bonchev–Trinajstić information content (AvgIpc) is 2.82. The summed E-state index contributed by atoms with van der Waals surface area (Å²) in [6.07, 6.45) is 0.0387. The molecule has 1 atom stereocenters. The minimum Gasteiger partial charge on any atom is -0.407 e. The van der Waals surface area contributed by atoms with Crippen molar-refractivity contribution >= 4 is 6.01 Å². The first-order valence-electron chi connectivity index (χ1n) is 6.53. The Morgan fingerprint density at radius 2 is 2.11 bits per heavy atom. The number of rotatable bonds is 5. The summed E-state index contributed by atoms with van der Waals surface area (Å²) in [4.78, 5) is 0. The molecule has 1 aliphatic heterocycles. The highest BCUT2D eigenvalue weighted by molar-refractivity contribution is 5.17. The van der Waals surface area contributed by atoms with Crippen molar-refractivity contribution < 1.29 is 13.9 Å². The van der Waals surface area contributed by atoms with E-state index in [1.165, 1.54) is 0 Å². The Bertz CT molecular complexity index is 383. The van der Waals surface area contributed by atoms with Gasteiger partial charge in [-0.15, -0.1) is 5.10 Å². The van der Waals surface area contributed by atoms with Gasteiger partial charge in [0.1, 0.15) is 0 Å². The number of hydrogen-bond donors (Lipinski definition) is 2. The molecular formula is C12H22N4O3. The van der Waals surface area contributed by atoms with E-state index in [-0.39, 0.29) is 11.6 Å². The Balaban J connectivity index is 1.74. The van der Waals surface area contributed by atoms with Gasteiger partial charge in [-0.3, -0.25) is 0 Å². The van der Waals surface area contributed by atoms with Crippen molar-refractivity contribution in [3.05, 3.63) is 5.89 Å². The molecule has 19 heavy (non-hydrogen) atoms. The van der Waals surface area contributed by atoms with E-state index in [0.29, 0.717) is 44.8 Å². The normalized spacial score (nSPS) is 20.5. The van der Waals surface area contributed by atoms with Crippen molar-refractivity contribution in [2.75, 3.05) is 31.7 Å². The Morgan fingerprint density at radius 3 is 2.79 bits per heavy atom. The summed E-state index contributed by atoms with van der Waals surface area (Å²) in [5.41, 5.74) is 0.0232. The lowest BCUT2D eigenvalue weighted by Crippen LogP contribution is -2.35. The predicted octanol–water partition coefficient (Wildman–Crippen LogP) is 0.785. The van der Waals surface area contributed by atoms with E-state index in [1.807, 2.05) is 0 Å². The largest absolute Gasteiger partial charge is 0.407 e. The fraction of sp³-hybridized carbons (Fsp3) is 0.833. The van der Waals surface area contributed by atoms with Gasteiger partial charge in [0.05, 0.1) is 32.5 Å². The molecule has 0 aliphatic carbocycles. The molecule has 1 saturated heterocycles. The molecule has 0 radical (unpaired) electrons. The summed E-state index contributed by atoms with van der Waals surface area (Å²) in [5.74, 6) is 0.568. The molecule has 7 heteroatoms. The lowest BCUT2D eigenvalue weighted by molar-refractivity contribution is -0.0820. The van der Waals surface area contributed by atoms with Crippen LogP contribution >= 0.6 is 0 Å². The summed E-state index contributed by atoms with van der Waals surface area (Å²) in [5, 5.41) is 14.3. The molecular weight excluding hydrogens is 248 g/mol. The van der Waals surface area contributed by atoms with Gasteiger partial charge in [-0.1, -0.05) is 5.10 Å². The molecule has 2 N–H and O–H groups in total. The minimum absolute atomic E-state index is 0.0232. The second kappa shape index (κ2) is 6.31. The molecule has 1 aromatic heterocycles. The van der Waals surface area contributed by atoms with Gasteiger partial charge in [0.2, 0.25) is 5.89 Å². The summed E-state index contributed by atoms with van der Waals surface area (Å²) in [6, 6.07) is 0.417. The van der Waals surface area contributed by atoms with Gasteiger partial charge in [0, 0.05) is 12.1 Å². The van der Waals surface area contributed by atoms with Crippen molar-refractivity contribution in [3.8, 4) is 0 Å². The molecule has 2 heterocycles. The van der Waals surface area contributed by atoms with Crippen molar-refractivity contribution in [1.82, 2.24) is 15.5 Å². The molecule has 0 amide bonds. The standard InChI is InChI=1S/C12H22N4O3/c1-12(2,3)14-7-10-15-16-11(19-10)13-6-9-8-17-4-5-18-9/h9,14H,4-8H2,1-3H3,(H,13,16). The molecule has 0 spiro atoms. The van der Waals surface area contributed by atoms with Crippen LogP contribution in [0.25, 0.3) is 0 Å². The molecule has 1 fully saturated rings. The smallest absolute Gasteiger partial charge is 0.315 e. The highest BCUT2D eigenvalue weighted by Crippen LogP contribution is 2.08. The van der Waals surface area contributed by atoms with E-state index < -0.39 is 0 Å². The third-order valence-corrected chi connectivity index (χ3v) is 2.60. The van der Waals surface area contributed by atoms with Gasteiger partial charge in [-0.2, -0.15) is 0 Å². The van der Waals surface area contributed by atoms with Crippen LogP contribution in [0.15, 0.2) is 4.42 Å². The molecule has 7 nitrogen and oxygen atoms in total.